The minimum Gasteiger partial charge on any atom is -0.496 e. The van der Waals surface area contributed by atoms with E-state index in [-0.39, 0.29) is 36.1 Å². The van der Waals surface area contributed by atoms with Crippen molar-refractivity contribution in [2.45, 2.75) is 102 Å². The van der Waals surface area contributed by atoms with Gasteiger partial charge in [-0.3, -0.25) is 18.9 Å². The van der Waals surface area contributed by atoms with Crippen molar-refractivity contribution in [3.8, 4) is 16.5 Å². The van der Waals surface area contributed by atoms with Gasteiger partial charge in [0.1, 0.15) is 29.0 Å². The highest BCUT2D eigenvalue weighted by atomic mass is 32.2. The van der Waals surface area contributed by atoms with Crippen LogP contribution in [0.3, 0.4) is 0 Å². The lowest BCUT2D eigenvalue weighted by Crippen LogP contribution is -2.49. The Morgan fingerprint density at radius 2 is 1.85 bits per heavy atom. The van der Waals surface area contributed by atoms with Crippen LogP contribution in [0, 0.1) is 6.92 Å². The molecule has 0 aliphatic carbocycles. The van der Waals surface area contributed by atoms with Crippen molar-refractivity contribution in [1.29, 1.82) is 0 Å². The van der Waals surface area contributed by atoms with E-state index in [2.05, 4.69) is 9.71 Å². The number of para-hydroxylation sites is 1. The summed E-state index contributed by atoms with van der Waals surface area (Å²) in [6.45, 7) is 7.34. The Hall–Kier alpha value is -3.79. The number of benzene rings is 1. The predicted molar refractivity (Wildman–Crippen MR) is 180 cm³/mol. The summed E-state index contributed by atoms with van der Waals surface area (Å²) in [5, 5.41) is 0.189. The lowest BCUT2D eigenvalue weighted by molar-refractivity contribution is -0.122. The molecule has 258 valence electrons. The number of hydrogen-bond acceptors (Lipinski definition) is 11. The van der Waals surface area contributed by atoms with Crippen LogP contribution >= 0.6 is 11.3 Å². The molecule has 2 aliphatic heterocycles. The van der Waals surface area contributed by atoms with Crippen LogP contribution in [-0.4, -0.2) is 58.6 Å². The van der Waals surface area contributed by atoms with Gasteiger partial charge < -0.3 is 18.6 Å². The zero-order valence-electron chi connectivity index (χ0n) is 27.7. The monoisotopic (exact) mass is 700 g/mol. The minimum atomic E-state index is -4.13. The Kier molecular flexibility index (Phi) is 9.17. The molecule has 5 heterocycles. The number of oxazole rings is 1. The molecule has 48 heavy (non-hydrogen) atoms. The molecule has 2 fully saturated rings. The van der Waals surface area contributed by atoms with Crippen molar-refractivity contribution in [3.63, 3.8) is 0 Å². The summed E-state index contributed by atoms with van der Waals surface area (Å²) in [7, 11) is -2.57. The van der Waals surface area contributed by atoms with E-state index in [1.54, 1.807) is 14.0 Å². The van der Waals surface area contributed by atoms with Crippen LogP contribution in [0.4, 0.5) is 0 Å². The fraction of sp³-hybridized carbons (Fsp3) is 0.515. The Labute approximate surface area is 281 Å². The smallest absolute Gasteiger partial charge is 0.332 e. The molecule has 4 aromatic rings. The number of hydrogen-bond donors (Lipinski definition) is 1. The number of amides is 1. The fourth-order valence-corrected chi connectivity index (χ4v) is 8.34. The number of methoxy groups -OCH3 is 1. The molecule has 15 heteroatoms. The second kappa shape index (κ2) is 12.9. The van der Waals surface area contributed by atoms with Gasteiger partial charge in [0.25, 0.3) is 11.5 Å². The molecule has 2 bridgehead atoms. The standard InChI is InChI=1S/C33H40N4O9S2/c1-18-26-30(39)37(19(2)28(38)35-48(41,42)33(3,4)5)32(40)36(31(26)47-27(18)29-34-13-14-44-29)17-25(23-9-7-8-10-24(23)43-6)46-22-15-20-11-12-21(16-22)45-20/h7-10,13-14,19-22,25H,11-12,15-17H2,1-6H3,(H,35,38)/t19-,20+,21+,25-/m0/s1. The Morgan fingerprint density at radius 1 is 1.17 bits per heavy atom. The zero-order valence-corrected chi connectivity index (χ0v) is 29.4. The van der Waals surface area contributed by atoms with Gasteiger partial charge in [-0.2, -0.15) is 0 Å². The second-order valence-electron chi connectivity index (χ2n) is 13.3. The van der Waals surface area contributed by atoms with Crippen LogP contribution in [0.15, 0.2) is 50.7 Å². The molecular weight excluding hydrogens is 661 g/mol. The first-order valence-electron chi connectivity index (χ1n) is 15.9. The number of nitrogens with zero attached hydrogens (tertiary/aromatic N) is 3. The average Bonchev–Trinajstić information content (AvgIpc) is 3.77. The van der Waals surface area contributed by atoms with Crippen LogP contribution in [-0.2, 0) is 30.8 Å². The van der Waals surface area contributed by atoms with Crippen molar-refractivity contribution in [1.82, 2.24) is 18.8 Å². The van der Waals surface area contributed by atoms with E-state index in [1.807, 2.05) is 24.3 Å². The van der Waals surface area contributed by atoms with Crippen LogP contribution in [0.1, 0.15) is 76.7 Å². The van der Waals surface area contributed by atoms with E-state index in [0.717, 1.165) is 17.4 Å². The molecule has 2 saturated heterocycles. The SMILES string of the molecule is COc1ccccc1[C@H](Cn1c(=O)n([C@@H](C)C(=O)NS(=O)(=O)C(C)(C)C)c(=O)c2c(C)c(-c3ncco3)sc21)OC1C[C@H]2CC[C@H](C1)O2. The molecule has 3 aromatic heterocycles. The number of ether oxygens (including phenoxy) is 3. The number of fused-ring (bicyclic) bond motifs is 3. The van der Waals surface area contributed by atoms with Crippen molar-refractivity contribution >= 4 is 37.5 Å². The van der Waals surface area contributed by atoms with Gasteiger partial charge in [-0.15, -0.1) is 11.3 Å². The van der Waals surface area contributed by atoms with Gasteiger partial charge in [-0.1, -0.05) is 18.2 Å². The summed E-state index contributed by atoms with van der Waals surface area (Å²) in [5.41, 5.74) is -0.307. The molecule has 0 saturated carbocycles. The van der Waals surface area contributed by atoms with E-state index in [9.17, 15) is 22.8 Å². The highest BCUT2D eigenvalue weighted by Crippen LogP contribution is 2.40. The number of carbonyl (C=O) groups excluding carboxylic acids is 1. The lowest BCUT2D eigenvalue weighted by Gasteiger charge is -2.32. The van der Waals surface area contributed by atoms with Gasteiger partial charge in [0.05, 0.1) is 53.2 Å². The van der Waals surface area contributed by atoms with E-state index in [4.69, 9.17) is 18.6 Å². The normalized spacial score (nSPS) is 20.9. The highest BCUT2D eigenvalue weighted by molar-refractivity contribution is 7.91. The third-order valence-corrected chi connectivity index (χ3v) is 12.5. The average molecular weight is 701 g/mol. The number of sulfonamides is 1. The summed E-state index contributed by atoms with van der Waals surface area (Å²) in [4.78, 5) is 47.3. The molecular formula is C33H40N4O9S2. The number of nitrogens with one attached hydrogen (secondary N) is 1. The van der Waals surface area contributed by atoms with E-state index >= 15 is 0 Å². The maximum absolute atomic E-state index is 14.5. The summed E-state index contributed by atoms with van der Waals surface area (Å²) in [6, 6.07) is 5.92. The van der Waals surface area contributed by atoms with Gasteiger partial charge in [0.2, 0.25) is 15.9 Å². The minimum absolute atomic E-state index is 0.0394. The number of aryl methyl sites for hydroxylation is 1. The Balaban J connectivity index is 1.51. The zero-order chi connectivity index (χ0) is 34.5. The maximum Gasteiger partial charge on any atom is 0.332 e. The molecule has 0 radical (unpaired) electrons. The molecule has 1 N–H and O–H groups in total. The third kappa shape index (κ3) is 6.24. The molecule has 0 unspecified atom stereocenters. The third-order valence-electron chi connectivity index (χ3n) is 9.12. The van der Waals surface area contributed by atoms with Crippen LogP contribution < -0.4 is 20.7 Å². The van der Waals surface area contributed by atoms with Crippen molar-refractivity contribution in [3.05, 3.63) is 68.7 Å². The van der Waals surface area contributed by atoms with Gasteiger partial charge in [-0.05, 0) is 71.9 Å². The molecule has 0 spiro atoms. The summed E-state index contributed by atoms with van der Waals surface area (Å²) < 4.78 is 52.9. The van der Waals surface area contributed by atoms with Crippen LogP contribution in [0.2, 0.25) is 0 Å². The Morgan fingerprint density at radius 3 is 2.48 bits per heavy atom. The number of thiophene rings is 1. The van der Waals surface area contributed by atoms with E-state index in [0.29, 0.717) is 39.4 Å². The van der Waals surface area contributed by atoms with Crippen molar-refractivity contribution in [2.24, 2.45) is 0 Å². The van der Waals surface area contributed by atoms with E-state index in [1.165, 1.54) is 56.1 Å². The van der Waals surface area contributed by atoms with E-state index < -0.39 is 44.1 Å². The van der Waals surface area contributed by atoms with Gasteiger partial charge in [0, 0.05) is 5.56 Å². The first-order valence-corrected chi connectivity index (χ1v) is 18.2. The summed E-state index contributed by atoms with van der Waals surface area (Å²) >= 11 is 1.17. The molecule has 4 atom stereocenters. The van der Waals surface area contributed by atoms with Crippen molar-refractivity contribution in [2.75, 3.05) is 7.11 Å². The molecule has 6 rings (SSSR count). The van der Waals surface area contributed by atoms with Crippen LogP contribution in [0.5, 0.6) is 5.75 Å². The number of carbonyl (C=O) groups is 1. The topological polar surface area (TPSA) is 161 Å². The second-order valence-corrected chi connectivity index (χ2v) is 16.8. The summed E-state index contributed by atoms with van der Waals surface area (Å²) in [5.74, 6) is -0.167. The molecule has 1 aromatic carbocycles. The van der Waals surface area contributed by atoms with Crippen LogP contribution in [0.25, 0.3) is 21.0 Å². The van der Waals surface area contributed by atoms with Gasteiger partial charge in [-0.25, -0.2) is 22.8 Å². The quantitative estimate of drug-likeness (QED) is 0.250. The number of rotatable bonds is 10. The predicted octanol–water partition coefficient (Wildman–Crippen LogP) is 4.47. The first kappa shape index (κ1) is 34.1. The van der Waals surface area contributed by atoms with Gasteiger partial charge in [0.15, 0.2) is 0 Å². The number of aromatic nitrogens is 3. The fourth-order valence-electron chi connectivity index (χ4n) is 6.36. The highest BCUT2D eigenvalue weighted by Gasteiger charge is 2.38. The lowest BCUT2D eigenvalue weighted by atomic mass is 10.0. The van der Waals surface area contributed by atoms with Gasteiger partial charge >= 0.3 is 5.69 Å². The van der Waals surface area contributed by atoms with Crippen molar-refractivity contribution < 1.29 is 31.8 Å². The Bertz CT molecular complexity index is 2050. The summed E-state index contributed by atoms with van der Waals surface area (Å²) in [6.07, 6.45) is 5.62. The maximum atomic E-state index is 14.5. The molecule has 2 aliphatic rings. The largest absolute Gasteiger partial charge is 0.496 e. The molecule has 13 nitrogen and oxygen atoms in total. The first-order chi connectivity index (χ1) is 22.7. The molecule has 1 amide bonds.